The first-order chi connectivity index (χ1) is 16.5. The zero-order valence-electron chi connectivity index (χ0n) is 22.0. The molecule has 0 radical (unpaired) electrons. The van der Waals surface area contributed by atoms with Crippen molar-refractivity contribution in [3.05, 3.63) is 98.5 Å². The van der Waals surface area contributed by atoms with Crippen LogP contribution in [-0.4, -0.2) is 5.97 Å². The smallest absolute Gasteiger partial charge is 0.336 e. The van der Waals surface area contributed by atoms with Gasteiger partial charge in [-0.2, -0.15) is 0 Å². The van der Waals surface area contributed by atoms with E-state index in [0.717, 1.165) is 22.1 Å². The summed E-state index contributed by atoms with van der Waals surface area (Å²) in [4.78, 5) is 24.2. The summed E-state index contributed by atoms with van der Waals surface area (Å²) in [6.45, 7) is 14.4. The molecule has 1 heterocycles. The number of hydrogen-bond acceptors (Lipinski definition) is 4. The molecule has 1 aliphatic carbocycles. The predicted molar refractivity (Wildman–Crippen MR) is 144 cm³/mol. The summed E-state index contributed by atoms with van der Waals surface area (Å²) < 4.78 is 10.9. The van der Waals surface area contributed by atoms with E-state index in [0.29, 0.717) is 16.9 Å². The lowest BCUT2D eigenvalue weighted by molar-refractivity contribution is -0.129. The van der Waals surface area contributed by atoms with E-state index >= 15 is 0 Å². The van der Waals surface area contributed by atoms with Gasteiger partial charge in [-0.15, -0.1) is 0 Å². The zero-order valence-corrected chi connectivity index (χ0v) is 22.0. The van der Waals surface area contributed by atoms with Gasteiger partial charge < -0.3 is 9.15 Å². The maximum atomic E-state index is 12.5. The number of aryl methyl sites for hydroxylation is 2. The first-order valence-corrected chi connectivity index (χ1v) is 12.2. The molecule has 2 aromatic rings. The van der Waals surface area contributed by atoms with Crippen molar-refractivity contribution in [2.45, 2.75) is 67.7 Å². The molecule has 0 fully saturated rings. The highest BCUT2D eigenvalue weighted by Gasteiger charge is 2.26. The van der Waals surface area contributed by atoms with Crippen LogP contribution in [0.4, 0.5) is 0 Å². The van der Waals surface area contributed by atoms with Crippen LogP contribution in [-0.2, 0) is 4.79 Å². The summed E-state index contributed by atoms with van der Waals surface area (Å²) in [5.41, 5.74) is 6.53. The minimum atomic E-state index is -0.480. The minimum absolute atomic E-state index is 0.224. The lowest BCUT2D eigenvalue weighted by Crippen LogP contribution is -2.19. The molecule has 3 rings (SSSR count). The molecule has 0 N–H and O–H groups in total. The normalized spacial score (nSPS) is 17.1. The van der Waals surface area contributed by atoms with Crippen molar-refractivity contribution in [1.29, 1.82) is 0 Å². The first kappa shape index (κ1) is 26.2. The van der Waals surface area contributed by atoms with Crippen molar-refractivity contribution in [2.24, 2.45) is 5.41 Å². The Hall–Kier alpha value is -3.40. The Balaban J connectivity index is 1.67. The second-order valence-corrected chi connectivity index (χ2v) is 10.2. The first-order valence-electron chi connectivity index (χ1n) is 12.2. The highest BCUT2D eigenvalue weighted by Crippen LogP contribution is 2.40. The summed E-state index contributed by atoms with van der Waals surface area (Å²) in [5, 5.41) is 0.825. The van der Waals surface area contributed by atoms with Gasteiger partial charge in [0.15, 0.2) is 0 Å². The van der Waals surface area contributed by atoms with Gasteiger partial charge in [-0.25, -0.2) is 9.59 Å². The fourth-order valence-corrected chi connectivity index (χ4v) is 4.62. The van der Waals surface area contributed by atoms with E-state index in [2.05, 4.69) is 39.8 Å². The maximum Gasteiger partial charge on any atom is 0.336 e. The number of hydrogen-bond donors (Lipinski definition) is 0. The van der Waals surface area contributed by atoms with Gasteiger partial charge in [0, 0.05) is 23.1 Å². The molecule has 0 atom stereocenters. The minimum Gasteiger partial charge on any atom is -0.423 e. The summed E-state index contributed by atoms with van der Waals surface area (Å²) in [7, 11) is 0. The summed E-state index contributed by atoms with van der Waals surface area (Å²) in [6.07, 6.45) is 15.4. The number of carbonyl (C=O) groups excluding carboxylic acids is 1. The molecule has 4 nitrogen and oxygen atoms in total. The molecular weight excluding hydrogens is 436 g/mol. The summed E-state index contributed by atoms with van der Waals surface area (Å²) in [6, 6.07) is 4.98. The van der Waals surface area contributed by atoms with E-state index in [4.69, 9.17) is 9.15 Å². The molecule has 35 heavy (non-hydrogen) atoms. The monoisotopic (exact) mass is 472 g/mol. The zero-order chi connectivity index (χ0) is 25.8. The van der Waals surface area contributed by atoms with E-state index in [9.17, 15) is 9.59 Å². The van der Waals surface area contributed by atoms with Crippen LogP contribution in [0.15, 0.2) is 86.2 Å². The van der Waals surface area contributed by atoms with Crippen LogP contribution in [0.1, 0.15) is 65.0 Å². The predicted octanol–water partition coefficient (Wildman–Crippen LogP) is 7.85. The summed E-state index contributed by atoms with van der Waals surface area (Å²) >= 11 is 0. The highest BCUT2D eigenvalue weighted by atomic mass is 16.5. The van der Waals surface area contributed by atoms with E-state index in [1.165, 1.54) is 42.6 Å². The summed E-state index contributed by atoms with van der Waals surface area (Å²) in [5.74, 6) is -0.104. The standard InChI is InChI=1S/C31H36O4/c1-20(13-15-26-22(3)12-9-17-31(26,6)7)10-8-11-21(2)18-28(32)34-27-16-14-25-23(4)19-29(33)35-30(25)24(27)5/h8,10-11,13-16,18-19H,9,12,17H2,1-7H3. The molecule has 0 aliphatic heterocycles. The molecule has 0 bridgehead atoms. The van der Waals surface area contributed by atoms with E-state index in [1.807, 2.05) is 32.1 Å². The number of ether oxygens (including phenoxy) is 1. The molecule has 184 valence electrons. The van der Waals surface area contributed by atoms with Crippen molar-refractivity contribution >= 4 is 16.9 Å². The lowest BCUT2D eigenvalue weighted by Gasteiger charge is -2.32. The fourth-order valence-electron chi connectivity index (χ4n) is 4.62. The van der Waals surface area contributed by atoms with Gasteiger partial charge in [0.2, 0.25) is 0 Å². The van der Waals surface area contributed by atoms with E-state index < -0.39 is 11.6 Å². The Morgan fingerprint density at radius 3 is 2.54 bits per heavy atom. The largest absolute Gasteiger partial charge is 0.423 e. The Labute approximate surface area is 208 Å². The SMILES string of the molecule is CC(C=CC1=C(C)CCCC1(C)C)=CC=CC(C)=CC(=O)Oc1ccc2c(C)cc(=O)oc2c1C. The average molecular weight is 473 g/mol. The molecule has 0 saturated carbocycles. The van der Waals surface area contributed by atoms with Crippen LogP contribution in [0.25, 0.3) is 11.0 Å². The number of rotatable bonds is 6. The molecule has 4 heteroatoms. The molecule has 0 unspecified atom stereocenters. The molecule has 1 aromatic carbocycles. The van der Waals surface area contributed by atoms with Crippen molar-refractivity contribution in [3.8, 4) is 5.75 Å². The van der Waals surface area contributed by atoms with Gasteiger partial charge in [0.1, 0.15) is 11.3 Å². The van der Waals surface area contributed by atoms with Crippen LogP contribution in [0, 0.1) is 19.3 Å². The Bertz CT molecular complexity index is 1340. The average Bonchev–Trinajstić information content (AvgIpc) is 2.75. The van der Waals surface area contributed by atoms with Crippen molar-refractivity contribution in [2.75, 3.05) is 0 Å². The topological polar surface area (TPSA) is 56.5 Å². The molecule has 1 aromatic heterocycles. The molecule has 0 saturated heterocycles. The van der Waals surface area contributed by atoms with E-state index in [1.54, 1.807) is 19.1 Å². The van der Waals surface area contributed by atoms with E-state index in [-0.39, 0.29) is 5.41 Å². The number of allylic oxidation sites excluding steroid dienone is 9. The number of benzene rings is 1. The fraction of sp³-hybridized carbons (Fsp3) is 0.355. The highest BCUT2D eigenvalue weighted by molar-refractivity contribution is 5.89. The third-order valence-electron chi connectivity index (χ3n) is 6.65. The second kappa shape index (κ2) is 10.9. The molecule has 0 amide bonds. The number of fused-ring (bicyclic) bond motifs is 1. The Morgan fingerprint density at radius 2 is 1.83 bits per heavy atom. The Morgan fingerprint density at radius 1 is 1.09 bits per heavy atom. The van der Waals surface area contributed by atoms with Crippen molar-refractivity contribution in [1.82, 2.24) is 0 Å². The van der Waals surface area contributed by atoms with Crippen molar-refractivity contribution < 1.29 is 13.9 Å². The van der Waals surface area contributed by atoms with Crippen LogP contribution in [0.3, 0.4) is 0 Å². The van der Waals surface area contributed by atoms with Crippen LogP contribution in [0.5, 0.6) is 5.75 Å². The van der Waals surface area contributed by atoms with Gasteiger partial charge in [0.25, 0.3) is 0 Å². The van der Waals surface area contributed by atoms with Gasteiger partial charge in [0.05, 0.1) is 0 Å². The quantitative estimate of drug-likeness (QED) is 0.141. The van der Waals surface area contributed by atoms with Gasteiger partial charge in [-0.1, -0.05) is 55.4 Å². The number of esters is 1. The lowest BCUT2D eigenvalue weighted by atomic mass is 9.72. The number of carbonyl (C=O) groups is 1. The van der Waals surface area contributed by atoms with Crippen LogP contribution in [0.2, 0.25) is 0 Å². The Kier molecular flexibility index (Phi) is 8.16. The third kappa shape index (κ3) is 6.60. The second-order valence-electron chi connectivity index (χ2n) is 10.2. The van der Waals surface area contributed by atoms with Crippen LogP contribution < -0.4 is 10.4 Å². The molecule has 0 spiro atoms. The maximum absolute atomic E-state index is 12.5. The van der Waals surface area contributed by atoms with Gasteiger partial charge in [-0.05, 0) is 88.1 Å². The van der Waals surface area contributed by atoms with Gasteiger partial charge in [-0.3, -0.25) is 0 Å². The van der Waals surface area contributed by atoms with Gasteiger partial charge >= 0.3 is 11.6 Å². The van der Waals surface area contributed by atoms with Crippen molar-refractivity contribution in [3.63, 3.8) is 0 Å². The molecule has 1 aliphatic rings. The third-order valence-corrected chi connectivity index (χ3v) is 6.65. The molecular formula is C31H36O4. The van der Waals surface area contributed by atoms with Crippen LogP contribution >= 0.6 is 0 Å².